The van der Waals surface area contributed by atoms with Gasteiger partial charge in [-0.15, -0.1) is 0 Å². The highest BCUT2D eigenvalue weighted by molar-refractivity contribution is 7.92. The lowest BCUT2D eigenvalue weighted by Gasteiger charge is -2.14. The lowest BCUT2D eigenvalue weighted by molar-refractivity contribution is 0.0949. The van der Waals surface area contributed by atoms with Gasteiger partial charge in [-0.3, -0.25) is 9.52 Å². The van der Waals surface area contributed by atoms with Gasteiger partial charge in [0.15, 0.2) is 0 Å². The topological polar surface area (TPSA) is 97.6 Å². The van der Waals surface area contributed by atoms with Gasteiger partial charge in [-0.2, -0.15) is 0 Å². The van der Waals surface area contributed by atoms with Crippen molar-refractivity contribution in [2.45, 2.75) is 18.4 Å². The fraction of sp³-hybridized carbons (Fsp3) is 0.150. The van der Waals surface area contributed by atoms with E-state index in [1.807, 2.05) is 0 Å². The molecular formula is C20H20N2O5S. The second-order valence-electron chi connectivity index (χ2n) is 6.07. The predicted molar refractivity (Wildman–Crippen MR) is 105 cm³/mol. The van der Waals surface area contributed by atoms with Crippen molar-refractivity contribution >= 4 is 21.6 Å². The number of methoxy groups -OCH3 is 1. The number of carbonyl (C=O) groups is 1. The average Bonchev–Trinajstić information content (AvgIpc) is 3.20. The van der Waals surface area contributed by atoms with Gasteiger partial charge in [0.1, 0.15) is 16.4 Å². The third-order valence-corrected chi connectivity index (χ3v) is 5.41. The second-order valence-corrected chi connectivity index (χ2v) is 7.72. The number of para-hydroxylation sites is 1. The Morgan fingerprint density at radius 3 is 2.61 bits per heavy atom. The molecule has 146 valence electrons. The van der Waals surface area contributed by atoms with Crippen molar-refractivity contribution in [3.05, 3.63) is 77.7 Å². The van der Waals surface area contributed by atoms with Crippen LogP contribution in [-0.2, 0) is 16.6 Å². The standard InChI is InChI=1S/C20H20N2O5S/c1-14-9-10-18(26-2)19(12-14)28(24,25)22-17-8-4-3-7-16(17)20(23)21-13-15-6-5-11-27-15/h3-12,22H,13H2,1-2H3,(H,21,23). The summed E-state index contributed by atoms with van der Waals surface area (Å²) in [4.78, 5) is 12.5. The predicted octanol–water partition coefficient (Wildman–Crippen LogP) is 3.33. The van der Waals surface area contributed by atoms with Crippen LogP contribution in [0.25, 0.3) is 0 Å². The molecule has 0 spiro atoms. The van der Waals surface area contributed by atoms with Crippen LogP contribution in [0.4, 0.5) is 5.69 Å². The number of hydrogen-bond donors (Lipinski definition) is 2. The van der Waals surface area contributed by atoms with Crippen LogP contribution < -0.4 is 14.8 Å². The highest BCUT2D eigenvalue weighted by Gasteiger charge is 2.22. The number of anilines is 1. The third kappa shape index (κ3) is 4.34. The highest BCUT2D eigenvalue weighted by Crippen LogP contribution is 2.28. The molecule has 0 bridgehead atoms. The molecule has 0 atom stereocenters. The number of furan rings is 1. The molecule has 0 fully saturated rings. The molecule has 2 aromatic carbocycles. The fourth-order valence-corrected chi connectivity index (χ4v) is 3.97. The summed E-state index contributed by atoms with van der Waals surface area (Å²) in [7, 11) is -2.56. The zero-order valence-electron chi connectivity index (χ0n) is 15.4. The average molecular weight is 400 g/mol. The Hall–Kier alpha value is -3.26. The van der Waals surface area contributed by atoms with Crippen LogP contribution in [0.5, 0.6) is 5.75 Å². The Bertz CT molecular complexity index is 1080. The highest BCUT2D eigenvalue weighted by atomic mass is 32.2. The van der Waals surface area contributed by atoms with Crippen LogP contribution in [-0.4, -0.2) is 21.4 Å². The van der Waals surface area contributed by atoms with E-state index in [-0.39, 0.29) is 28.4 Å². The van der Waals surface area contributed by atoms with Crippen LogP contribution in [0.3, 0.4) is 0 Å². The van der Waals surface area contributed by atoms with Gasteiger partial charge < -0.3 is 14.5 Å². The number of aryl methyl sites for hydroxylation is 1. The van der Waals surface area contributed by atoms with Gasteiger partial charge in [-0.25, -0.2) is 8.42 Å². The second kappa shape index (κ2) is 8.18. The molecule has 0 aliphatic heterocycles. The first-order valence-corrected chi connectivity index (χ1v) is 9.96. The maximum Gasteiger partial charge on any atom is 0.265 e. The Kier molecular flexibility index (Phi) is 5.70. The molecule has 28 heavy (non-hydrogen) atoms. The SMILES string of the molecule is COc1ccc(C)cc1S(=O)(=O)Nc1ccccc1C(=O)NCc1ccco1. The fourth-order valence-electron chi connectivity index (χ4n) is 2.64. The van der Waals surface area contributed by atoms with Crippen molar-refractivity contribution < 1.29 is 22.4 Å². The lowest BCUT2D eigenvalue weighted by atomic mass is 10.1. The smallest absolute Gasteiger partial charge is 0.265 e. The van der Waals surface area contributed by atoms with E-state index in [0.29, 0.717) is 5.76 Å². The minimum absolute atomic E-state index is 0.000738. The van der Waals surface area contributed by atoms with Gasteiger partial charge in [0.25, 0.3) is 15.9 Å². The number of benzene rings is 2. The molecule has 1 amide bonds. The number of nitrogens with one attached hydrogen (secondary N) is 2. The van der Waals surface area contributed by atoms with Crippen molar-refractivity contribution in [1.82, 2.24) is 5.32 Å². The number of rotatable bonds is 7. The van der Waals surface area contributed by atoms with E-state index in [4.69, 9.17) is 9.15 Å². The van der Waals surface area contributed by atoms with E-state index in [9.17, 15) is 13.2 Å². The van der Waals surface area contributed by atoms with E-state index in [0.717, 1.165) is 5.56 Å². The summed E-state index contributed by atoms with van der Waals surface area (Å²) in [5.74, 6) is 0.389. The van der Waals surface area contributed by atoms with Gasteiger partial charge in [-0.05, 0) is 48.9 Å². The molecular weight excluding hydrogens is 380 g/mol. The quantitative estimate of drug-likeness (QED) is 0.634. The van der Waals surface area contributed by atoms with Gasteiger partial charge in [-0.1, -0.05) is 18.2 Å². The summed E-state index contributed by atoms with van der Waals surface area (Å²) in [5.41, 5.74) is 1.14. The van der Waals surface area contributed by atoms with Crippen LogP contribution in [0.2, 0.25) is 0 Å². The first kappa shape index (κ1) is 19.5. The Morgan fingerprint density at radius 1 is 1.11 bits per heavy atom. The number of carbonyl (C=O) groups excluding carboxylic acids is 1. The first-order chi connectivity index (χ1) is 13.4. The van der Waals surface area contributed by atoms with E-state index in [1.165, 1.54) is 25.5 Å². The van der Waals surface area contributed by atoms with Gasteiger partial charge in [0.2, 0.25) is 0 Å². The normalized spacial score (nSPS) is 11.1. The molecule has 0 aliphatic carbocycles. The molecule has 1 heterocycles. The Morgan fingerprint density at radius 2 is 1.89 bits per heavy atom. The molecule has 3 aromatic rings. The van der Waals surface area contributed by atoms with Gasteiger partial charge in [0.05, 0.1) is 31.2 Å². The van der Waals surface area contributed by atoms with Crippen molar-refractivity contribution in [3.8, 4) is 5.75 Å². The summed E-state index contributed by atoms with van der Waals surface area (Å²) >= 11 is 0. The summed E-state index contributed by atoms with van der Waals surface area (Å²) in [6.45, 7) is 1.98. The van der Waals surface area contributed by atoms with Crippen molar-refractivity contribution in [2.24, 2.45) is 0 Å². The number of ether oxygens (including phenoxy) is 1. The van der Waals surface area contributed by atoms with Crippen molar-refractivity contribution in [2.75, 3.05) is 11.8 Å². The largest absolute Gasteiger partial charge is 0.495 e. The van der Waals surface area contributed by atoms with Crippen molar-refractivity contribution in [3.63, 3.8) is 0 Å². The lowest BCUT2D eigenvalue weighted by Crippen LogP contribution is -2.24. The minimum Gasteiger partial charge on any atom is -0.495 e. The number of hydrogen-bond acceptors (Lipinski definition) is 5. The monoisotopic (exact) mass is 400 g/mol. The van der Waals surface area contributed by atoms with Gasteiger partial charge in [0, 0.05) is 0 Å². The van der Waals surface area contributed by atoms with Crippen molar-refractivity contribution in [1.29, 1.82) is 0 Å². The van der Waals surface area contributed by atoms with Crippen LogP contribution >= 0.6 is 0 Å². The molecule has 0 aliphatic rings. The van der Waals surface area contributed by atoms with Crippen LogP contribution in [0.15, 0.2) is 70.2 Å². The first-order valence-electron chi connectivity index (χ1n) is 8.48. The van der Waals surface area contributed by atoms with Crippen LogP contribution in [0, 0.1) is 6.92 Å². The van der Waals surface area contributed by atoms with E-state index >= 15 is 0 Å². The summed E-state index contributed by atoms with van der Waals surface area (Å²) in [5, 5.41) is 2.71. The maximum absolute atomic E-state index is 12.9. The van der Waals surface area contributed by atoms with E-state index < -0.39 is 15.9 Å². The maximum atomic E-state index is 12.9. The zero-order valence-corrected chi connectivity index (χ0v) is 16.2. The summed E-state index contributed by atoms with van der Waals surface area (Å²) in [6.07, 6.45) is 1.51. The molecule has 1 aromatic heterocycles. The molecule has 8 heteroatoms. The third-order valence-electron chi connectivity index (χ3n) is 4.03. The number of sulfonamides is 1. The van der Waals surface area contributed by atoms with E-state index in [1.54, 1.807) is 49.4 Å². The minimum atomic E-state index is -3.97. The Labute approximate surface area is 163 Å². The molecule has 0 unspecified atom stereocenters. The molecule has 0 saturated heterocycles. The molecule has 0 radical (unpaired) electrons. The summed E-state index contributed by atoms with van der Waals surface area (Å²) < 4.78 is 38.7. The molecule has 7 nitrogen and oxygen atoms in total. The Balaban J connectivity index is 1.86. The molecule has 2 N–H and O–H groups in total. The van der Waals surface area contributed by atoms with E-state index in [2.05, 4.69) is 10.0 Å². The van der Waals surface area contributed by atoms with Gasteiger partial charge >= 0.3 is 0 Å². The molecule has 3 rings (SSSR count). The summed E-state index contributed by atoms with van der Waals surface area (Å²) in [6, 6.07) is 14.7. The molecule has 0 saturated carbocycles. The number of amides is 1. The zero-order chi connectivity index (χ0) is 20.1. The van der Waals surface area contributed by atoms with Crippen LogP contribution in [0.1, 0.15) is 21.7 Å².